The summed E-state index contributed by atoms with van der Waals surface area (Å²) in [6.45, 7) is 3.14. The minimum absolute atomic E-state index is 0.000394. The second-order valence-corrected chi connectivity index (χ2v) is 5.39. The van der Waals surface area contributed by atoms with Gasteiger partial charge < -0.3 is 10.4 Å². The van der Waals surface area contributed by atoms with Crippen LogP contribution in [0.4, 0.5) is 0 Å². The fourth-order valence-corrected chi connectivity index (χ4v) is 2.15. The van der Waals surface area contributed by atoms with Crippen LogP contribution >= 0.6 is 11.3 Å². The van der Waals surface area contributed by atoms with E-state index in [0.29, 0.717) is 4.88 Å². The monoisotopic (exact) mass is 283 g/mol. The first-order valence-electron chi connectivity index (χ1n) is 6.00. The Hall–Kier alpha value is -1.69. The van der Waals surface area contributed by atoms with Crippen molar-refractivity contribution in [2.75, 3.05) is 0 Å². The predicted molar refractivity (Wildman–Crippen MR) is 72.4 cm³/mol. The van der Waals surface area contributed by atoms with Crippen LogP contribution in [0.15, 0.2) is 17.5 Å². The molecular weight excluding hydrogens is 266 g/mol. The van der Waals surface area contributed by atoms with E-state index in [1.807, 2.05) is 0 Å². The lowest BCUT2D eigenvalue weighted by Crippen LogP contribution is -2.51. The lowest BCUT2D eigenvalue weighted by molar-refractivity contribution is -0.147. The first-order valence-corrected chi connectivity index (χ1v) is 6.88. The van der Waals surface area contributed by atoms with Gasteiger partial charge in [-0.2, -0.15) is 0 Å². The van der Waals surface area contributed by atoms with Crippen molar-refractivity contribution in [3.8, 4) is 0 Å². The van der Waals surface area contributed by atoms with E-state index in [0.717, 1.165) is 0 Å². The van der Waals surface area contributed by atoms with Crippen LogP contribution in [-0.2, 0) is 9.59 Å². The van der Waals surface area contributed by atoms with Gasteiger partial charge in [-0.05, 0) is 24.8 Å². The third kappa shape index (κ3) is 4.17. The van der Waals surface area contributed by atoms with Crippen molar-refractivity contribution in [1.29, 1.82) is 0 Å². The van der Waals surface area contributed by atoms with Crippen molar-refractivity contribution in [3.63, 3.8) is 0 Å². The minimum Gasteiger partial charge on any atom is -0.480 e. The van der Waals surface area contributed by atoms with Gasteiger partial charge in [0.1, 0.15) is 5.54 Å². The zero-order chi connectivity index (χ0) is 14.5. The molecule has 1 rings (SSSR count). The molecule has 2 N–H and O–H groups in total. The SMILES string of the molecule is CCC(C)(NC(=O)CCC(=O)c1cccs1)C(=O)O. The highest BCUT2D eigenvalue weighted by molar-refractivity contribution is 7.12. The van der Waals surface area contributed by atoms with Crippen LogP contribution in [0, 0.1) is 0 Å². The molecular formula is C13H17NO4S. The summed E-state index contributed by atoms with van der Waals surface area (Å²) in [6.07, 6.45) is 0.373. The molecule has 0 aliphatic rings. The van der Waals surface area contributed by atoms with Gasteiger partial charge in [-0.15, -0.1) is 11.3 Å². The Morgan fingerprint density at radius 3 is 2.53 bits per heavy atom. The first-order chi connectivity index (χ1) is 8.89. The zero-order valence-electron chi connectivity index (χ0n) is 10.9. The number of nitrogens with one attached hydrogen (secondary N) is 1. The number of amides is 1. The quantitative estimate of drug-likeness (QED) is 0.750. The van der Waals surface area contributed by atoms with Crippen molar-refractivity contribution in [3.05, 3.63) is 22.4 Å². The normalized spacial score (nSPS) is 13.6. The summed E-state index contributed by atoms with van der Waals surface area (Å²) in [6, 6.07) is 3.48. The summed E-state index contributed by atoms with van der Waals surface area (Å²) in [4.78, 5) is 35.0. The van der Waals surface area contributed by atoms with E-state index in [1.165, 1.54) is 18.3 Å². The summed E-state index contributed by atoms with van der Waals surface area (Å²) in [5, 5.41) is 13.3. The van der Waals surface area contributed by atoms with Crippen LogP contribution in [-0.4, -0.2) is 28.3 Å². The van der Waals surface area contributed by atoms with Gasteiger partial charge in [-0.3, -0.25) is 9.59 Å². The molecule has 0 radical (unpaired) electrons. The molecule has 0 bridgehead atoms. The number of ketones is 1. The molecule has 0 aliphatic carbocycles. The molecule has 0 fully saturated rings. The largest absolute Gasteiger partial charge is 0.480 e. The third-order valence-corrected chi connectivity index (χ3v) is 3.88. The fourth-order valence-electron chi connectivity index (χ4n) is 1.45. The Bertz CT molecular complexity index is 469. The van der Waals surface area contributed by atoms with Gasteiger partial charge in [0.05, 0.1) is 4.88 Å². The van der Waals surface area contributed by atoms with Crippen LogP contribution in [0.5, 0.6) is 0 Å². The fraction of sp³-hybridized carbons (Fsp3) is 0.462. The van der Waals surface area contributed by atoms with E-state index in [4.69, 9.17) is 5.11 Å². The Morgan fingerprint density at radius 2 is 2.05 bits per heavy atom. The lowest BCUT2D eigenvalue weighted by Gasteiger charge is -2.24. The lowest BCUT2D eigenvalue weighted by atomic mass is 9.99. The molecule has 0 aromatic carbocycles. The average molecular weight is 283 g/mol. The maximum absolute atomic E-state index is 11.7. The summed E-state index contributed by atoms with van der Waals surface area (Å²) in [5.41, 5.74) is -1.27. The number of aliphatic carboxylic acids is 1. The summed E-state index contributed by atoms with van der Waals surface area (Å²) < 4.78 is 0. The molecule has 1 unspecified atom stereocenters. The smallest absolute Gasteiger partial charge is 0.329 e. The number of thiophene rings is 1. The Balaban J connectivity index is 2.48. The van der Waals surface area contributed by atoms with Crippen LogP contribution in [0.1, 0.15) is 42.8 Å². The van der Waals surface area contributed by atoms with E-state index < -0.39 is 17.4 Å². The van der Waals surface area contributed by atoms with Gasteiger partial charge in [0.2, 0.25) is 5.91 Å². The third-order valence-electron chi connectivity index (χ3n) is 2.97. The molecule has 0 spiro atoms. The number of carbonyl (C=O) groups excluding carboxylic acids is 2. The van der Waals surface area contributed by atoms with Crippen LogP contribution in [0.3, 0.4) is 0 Å². The van der Waals surface area contributed by atoms with Crippen molar-refractivity contribution >= 4 is 29.0 Å². The highest BCUT2D eigenvalue weighted by atomic mass is 32.1. The summed E-state index contributed by atoms with van der Waals surface area (Å²) >= 11 is 1.33. The predicted octanol–water partition coefficient (Wildman–Crippen LogP) is 2.08. The van der Waals surface area contributed by atoms with E-state index in [1.54, 1.807) is 24.4 Å². The van der Waals surface area contributed by atoms with Gasteiger partial charge in [-0.1, -0.05) is 13.0 Å². The number of hydrogen-bond acceptors (Lipinski definition) is 4. The summed E-state index contributed by atoms with van der Waals surface area (Å²) in [7, 11) is 0. The van der Waals surface area contributed by atoms with E-state index in [9.17, 15) is 14.4 Å². The van der Waals surface area contributed by atoms with E-state index >= 15 is 0 Å². The molecule has 1 atom stereocenters. The Morgan fingerprint density at radius 1 is 1.37 bits per heavy atom. The number of rotatable bonds is 7. The highest BCUT2D eigenvalue weighted by Crippen LogP contribution is 2.13. The van der Waals surface area contributed by atoms with Gasteiger partial charge in [0.25, 0.3) is 0 Å². The number of hydrogen-bond donors (Lipinski definition) is 2. The molecule has 0 aliphatic heterocycles. The van der Waals surface area contributed by atoms with Crippen molar-refractivity contribution < 1.29 is 19.5 Å². The molecule has 6 heteroatoms. The van der Waals surface area contributed by atoms with E-state index in [-0.39, 0.29) is 25.0 Å². The van der Waals surface area contributed by atoms with Gasteiger partial charge >= 0.3 is 5.97 Å². The van der Waals surface area contributed by atoms with Crippen molar-refractivity contribution in [2.45, 2.75) is 38.6 Å². The minimum atomic E-state index is -1.27. The molecule has 0 saturated carbocycles. The second-order valence-electron chi connectivity index (χ2n) is 4.44. The van der Waals surface area contributed by atoms with Crippen LogP contribution < -0.4 is 5.32 Å². The van der Waals surface area contributed by atoms with Gasteiger partial charge in [0, 0.05) is 12.8 Å². The number of carboxylic acid groups (broad SMARTS) is 1. The Labute approximate surface area is 115 Å². The molecule has 1 aromatic rings. The van der Waals surface area contributed by atoms with Crippen molar-refractivity contribution in [2.24, 2.45) is 0 Å². The second kappa shape index (κ2) is 6.47. The number of carboxylic acids is 1. The molecule has 5 nitrogen and oxygen atoms in total. The van der Waals surface area contributed by atoms with Crippen molar-refractivity contribution in [1.82, 2.24) is 5.32 Å². The molecule has 1 heterocycles. The maximum atomic E-state index is 11.7. The first kappa shape index (κ1) is 15.4. The van der Waals surface area contributed by atoms with Crippen LogP contribution in [0.25, 0.3) is 0 Å². The topological polar surface area (TPSA) is 83.5 Å². The van der Waals surface area contributed by atoms with Crippen LogP contribution in [0.2, 0.25) is 0 Å². The standard InChI is InChI=1S/C13H17NO4S/c1-3-13(2,12(17)18)14-11(16)7-6-9(15)10-5-4-8-19-10/h4-5,8H,3,6-7H2,1-2H3,(H,14,16)(H,17,18). The molecule has 104 valence electrons. The number of carbonyl (C=O) groups is 3. The summed E-state index contributed by atoms with van der Waals surface area (Å²) in [5.74, 6) is -1.59. The van der Waals surface area contributed by atoms with Gasteiger partial charge in [-0.25, -0.2) is 4.79 Å². The molecule has 19 heavy (non-hydrogen) atoms. The number of Topliss-reactive ketones (excluding diaryl/α,β-unsaturated/α-hetero) is 1. The van der Waals surface area contributed by atoms with E-state index in [2.05, 4.69) is 5.32 Å². The maximum Gasteiger partial charge on any atom is 0.329 e. The Kier molecular flexibility index (Phi) is 5.23. The highest BCUT2D eigenvalue weighted by Gasteiger charge is 2.32. The average Bonchev–Trinajstić information content (AvgIpc) is 2.89. The molecule has 0 saturated heterocycles. The molecule has 1 amide bonds. The molecule has 1 aromatic heterocycles. The zero-order valence-corrected chi connectivity index (χ0v) is 11.8. The van der Waals surface area contributed by atoms with Gasteiger partial charge in [0.15, 0.2) is 5.78 Å².